The summed E-state index contributed by atoms with van der Waals surface area (Å²) in [4.78, 5) is 0. The van der Waals surface area contributed by atoms with Crippen molar-refractivity contribution in [1.29, 1.82) is 0 Å². The van der Waals surface area contributed by atoms with Gasteiger partial charge in [0.15, 0.2) is 0 Å². The van der Waals surface area contributed by atoms with E-state index in [9.17, 15) is 5.11 Å². The Labute approximate surface area is 143 Å². The summed E-state index contributed by atoms with van der Waals surface area (Å²) < 4.78 is 10.9. The van der Waals surface area contributed by atoms with Crippen molar-refractivity contribution in [2.75, 3.05) is 26.4 Å². The second-order valence-corrected chi connectivity index (χ2v) is 5.86. The van der Waals surface area contributed by atoms with Gasteiger partial charge < -0.3 is 19.9 Å². The van der Waals surface area contributed by atoms with Gasteiger partial charge in [0, 0.05) is 17.6 Å². The van der Waals surface area contributed by atoms with E-state index in [1.165, 1.54) is 25.7 Å². The summed E-state index contributed by atoms with van der Waals surface area (Å²) in [6, 6.07) is 7.80. The highest BCUT2D eigenvalue weighted by Crippen LogP contribution is 2.17. The van der Waals surface area contributed by atoms with E-state index >= 15 is 0 Å². The molecule has 1 aliphatic carbocycles. The fraction of sp³-hybridized carbons (Fsp3) is 0.625. The minimum Gasteiger partial charge on any atom is -0.491 e. The Morgan fingerprint density at radius 2 is 1.86 bits per heavy atom. The zero-order valence-corrected chi connectivity index (χ0v) is 14.2. The molecule has 1 fully saturated rings. The van der Waals surface area contributed by atoms with Crippen LogP contribution >= 0.6 is 24.0 Å². The molecular formula is C16H25Cl2NO3. The van der Waals surface area contributed by atoms with Crippen LogP contribution in [0.1, 0.15) is 25.7 Å². The molecule has 0 radical (unpaired) electrons. The number of aliphatic hydroxyl groups excluding tert-OH is 1. The van der Waals surface area contributed by atoms with Crippen LogP contribution < -0.4 is 10.1 Å². The van der Waals surface area contributed by atoms with Crippen LogP contribution in [0.5, 0.6) is 5.75 Å². The Balaban J connectivity index is 0.00000242. The van der Waals surface area contributed by atoms with E-state index < -0.39 is 6.10 Å². The van der Waals surface area contributed by atoms with E-state index in [2.05, 4.69) is 5.32 Å². The summed E-state index contributed by atoms with van der Waals surface area (Å²) in [7, 11) is 0. The Kier molecular flexibility index (Phi) is 9.84. The predicted molar refractivity (Wildman–Crippen MR) is 91.3 cm³/mol. The van der Waals surface area contributed by atoms with Crippen LogP contribution in [0.15, 0.2) is 24.3 Å². The molecule has 0 aliphatic heterocycles. The zero-order valence-electron chi connectivity index (χ0n) is 12.7. The van der Waals surface area contributed by atoms with E-state index in [0.717, 1.165) is 5.75 Å². The molecule has 2 rings (SSSR count). The van der Waals surface area contributed by atoms with Crippen LogP contribution in [0, 0.1) is 0 Å². The number of hydrogen-bond acceptors (Lipinski definition) is 4. The van der Waals surface area contributed by atoms with Crippen molar-refractivity contribution in [1.82, 2.24) is 5.32 Å². The number of hydrogen-bond donors (Lipinski definition) is 2. The summed E-state index contributed by atoms with van der Waals surface area (Å²) >= 11 is 5.79. The number of benzene rings is 1. The van der Waals surface area contributed by atoms with Crippen molar-refractivity contribution in [2.45, 2.75) is 37.8 Å². The zero-order chi connectivity index (χ0) is 14.9. The van der Waals surface area contributed by atoms with Gasteiger partial charge in [-0.2, -0.15) is 0 Å². The molecule has 1 saturated carbocycles. The standard InChI is InChI=1S/C16H24ClNO3.ClH/c17-13-5-7-16(8-6-13)21-10-9-20-12-15(19)11-18-14-3-1-2-4-14;/h5-8,14-15,18-19H,1-4,9-12H2;1H/t15-;/m0./s1. The maximum absolute atomic E-state index is 9.81. The van der Waals surface area contributed by atoms with Crippen LogP contribution in [0.2, 0.25) is 5.02 Å². The van der Waals surface area contributed by atoms with E-state index in [4.69, 9.17) is 21.1 Å². The monoisotopic (exact) mass is 349 g/mol. The van der Waals surface area contributed by atoms with E-state index in [0.29, 0.717) is 37.4 Å². The highest BCUT2D eigenvalue weighted by molar-refractivity contribution is 6.30. The molecule has 4 nitrogen and oxygen atoms in total. The van der Waals surface area contributed by atoms with Gasteiger partial charge in [0.05, 0.1) is 19.3 Å². The Morgan fingerprint density at radius 1 is 1.18 bits per heavy atom. The maximum Gasteiger partial charge on any atom is 0.119 e. The second-order valence-electron chi connectivity index (χ2n) is 5.42. The van der Waals surface area contributed by atoms with Crippen LogP contribution in [0.25, 0.3) is 0 Å². The third-order valence-corrected chi connectivity index (χ3v) is 3.87. The highest BCUT2D eigenvalue weighted by Gasteiger charge is 2.15. The molecule has 1 aromatic carbocycles. The average Bonchev–Trinajstić information content (AvgIpc) is 3.00. The number of ether oxygens (including phenoxy) is 2. The molecule has 126 valence electrons. The van der Waals surface area contributed by atoms with Gasteiger partial charge in [0.25, 0.3) is 0 Å². The molecule has 2 N–H and O–H groups in total. The van der Waals surface area contributed by atoms with Gasteiger partial charge in [0.2, 0.25) is 0 Å². The molecule has 6 heteroatoms. The van der Waals surface area contributed by atoms with Gasteiger partial charge >= 0.3 is 0 Å². The minimum atomic E-state index is -0.457. The maximum atomic E-state index is 9.81. The van der Waals surface area contributed by atoms with E-state index in [-0.39, 0.29) is 12.4 Å². The highest BCUT2D eigenvalue weighted by atomic mass is 35.5. The Morgan fingerprint density at radius 3 is 2.55 bits per heavy atom. The largest absolute Gasteiger partial charge is 0.491 e. The van der Waals surface area contributed by atoms with E-state index in [1.807, 2.05) is 12.1 Å². The lowest BCUT2D eigenvalue weighted by Gasteiger charge is -2.16. The van der Waals surface area contributed by atoms with Crippen LogP contribution in [0.3, 0.4) is 0 Å². The summed E-state index contributed by atoms with van der Waals surface area (Å²) in [5.41, 5.74) is 0. The molecule has 0 amide bonds. The molecule has 0 saturated heterocycles. The van der Waals surface area contributed by atoms with Gasteiger partial charge in [-0.3, -0.25) is 0 Å². The van der Waals surface area contributed by atoms with Crippen LogP contribution in [-0.2, 0) is 4.74 Å². The number of aliphatic hydroxyl groups is 1. The smallest absolute Gasteiger partial charge is 0.119 e. The number of nitrogens with one attached hydrogen (secondary N) is 1. The van der Waals surface area contributed by atoms with E-state index in [1.54, 1.807) is 12.1 Å². The first-order valence-electron chi connectivity index (χ1n) is 7.61. The predicted octanol–water partition coefficient (Wildman–Crippen LogP) is 3.05. The van der Waals surface area contributed by atoms with Crippen molar-refractivity contribution < 1.29 is 14.6 Å². The van der Waals surface area contributed by atoms with Gasteiger partial charge in [0.1, 0.15) is 12.4 Å². The summed E-state index contributed by atoms with van der Waals surface area (Å²) in [6.45, 7) is 1.86. The van der Waals surface area contributed by atoms with Gasteiger partial charge in [-0.25, -0.2) is 0 Å². The quantitative estimate of drug-likeness (QED) is 0.672. The van der Waals surface area contributed by atoms with Crippen LogP contribution in [-0.4, -0.2) is 43.6 Å². The molecule has 1 aromatic rings. The van der Waals surface area contributed by atoms with Gasteiger partial charge in [-0.1, -0.05) is 24.4 Å². The Bertz CT molecular complexity index is 397. The molecule has 1 atom stereocenters. The molecule has 0 bridgehead atoms. The average molecular weight is 350 g/mol. The van der Waals surface area contributed by atoms with Crippen LogP contribution in [0.4, 0.5) is 0 Å². The van der Waals surface area contributed by atoms with Crippen molar-refractivity contribution in [3.63, 3.8) is 0 Å². The number of halogens is 2. The SMILES string of the molecule is Cl.O[C@@H](CNC1CCCC1)COCCOc1ccc(Cl)cc1. The lowest BCUT2D eigenvalue weighted by atomic mass is 10.2. The first-order chi connectivity index (χ1) is 10.2. The lowest BCUT2D eigenvalue weighted by molar-refractivity contribution is 0.0241. The Hall–Kier alpha value is -0.520. The summed E-state index contributed by atoms with van der Waals surface area (Å²) in [5, 5.41) is 13.9. The summed E-state index contributed by atoms with van der Waals surface area (Å²) in [5.74, 6) is 0.770. The minimum absolute atomic E-state index is 0. The first-order valence-corrected chi connectivity index (χ1v) is 7.99. The van der Waals surface area contributed by atoms with Crippen molar-refractivity contribution >= 4 is 24.0 Å². The molecule has 22 heavy (non-hydrogen) atoms. The van der Waals surface area contributed by atoms with Gasteiger partial charge in [-0.15, -0.1) is 12.4 Å². The normalized spacial score (nSPS) is 16.3. The van der Waals surface area contributed by atoms with Crippen molar-refractivity contribution in [2.24, 2.45) is 0 Å². The van der Waals surface area contributed by atoms with Crippen molar-refractivity contribution in [3.8, 4) is 5.75 Å². The lowest BCUT2D eigenvalue weighted by Crippen LogP contribution is -2.36. The molecule has 0 heterocycles. The summed E-state index contributed by atoms with van der Waals surface area (Å²) in [6.07, 6.45) is 4.59. The molecule has 0 aromatic heterocycles. The van der Waals surface area contributed by atoms with Crippen molar-refractivity contribution in [3.05, 3.63) is 29.3 Å². The second kappa shape index (κ2) is 11.1. The fourth-order valence-corrected chi connectivity index (χ4v) is 2.59. The first kappa shape index (κ1) is 19.5. The third kappa shape index (κ3) is 7.65. The molecule has 0 unspecified atom stereocenters. The molecule has 1 aliphatic rings. The third-order valence-electron chi connectivity index (χ3n) is 3.62. The van der Waals surface area contributed by atoms with Gasteiger partial charge in [-0.05, 0) is 37.1 Å². The molecular weight excluding hydrogens is 325 g/mol. The fourth-order valence-electron chi connectivity index (χ4n) is 2.46. The number of rotatable bonds is 9. The molecule has 0 spiro atoms. The topological polar surface area (TPSA) is 50.7 Å².